The molecule has 0 aliphatic carbocycles. The molecule has 0 amide bonds. The predicted octanol–water partition coefficient (Wildman–Crippen LogP) is 3.93. The molecular weight excluding hydrogens is 284 g/mol. The highest BCUT2D eigenvalue weighted by Crippen LogP contribution is 2.33. The van der Waals surface area contributed by atoms with E-state index >= 15 is 0 Å². The van der Waals surface area contributed by atoms with Crippen LogP contribution in [0.4, 0.5) is 5.82 Å². The lowest BCUT2D eigenvalue weighted by Gasteiger charge is -2.18. The number of ketones is 1. The van der Waals surface area contributed by atoms with E-state index in [9.17, 15) is 4.79 Å². The van der Waals surface area contributed by atoms with Crippen LogP contribution in [0.2, 0.25) is 5.02 Å². The molecular formula is C17H17ClN2O. The van der Waals surface area contributed by atoms with Crippen molar-refractivity contribution in [1.82, 2.24) is 4.98 Å². The van der Waals surface area contributed by atoms with Gasteiger partial charge in [0.25, 0.3) is 0 Å². The van der Waals surface area contributed by atoms with E-state index in [1.807, 2.05) is 30.3 Å². The Morgan fingerprint density at radius 1 is 1.29 bits per heavy atom. The summed E-state index contributed by atoms with van der Waals surface area (Å²) in [6, 6.07) is 11.8. The van der Waals surface area contributed by atoms with Gasteiger partial charge < -0.3 is 4.90 Å². The topological polar surface area (TPSA) is 33.2 Å². The highest BCUT2D eigenvalue weighted by Gasteiger charge is 2.26. The lowest BCUT2D eigenvalue weighted by molar-refractivity contribution is 0.101. The third-order valence-electron chi connectivity index (χ3n) is 4.01. The van der Waals surface area contributed by atoms with Crippen molar-refractivity contribution in [1.29, 1.82) is 0 Å². The quantitative estimate of drug-likeness (QED) is 0.805. The maximum absolute atomic E-state index is 11.3. The van der Waals surface area contributed by atoms with Crippen molar-refractivity contribution in [2.75, 3.05) is 18.0 Å². The number of Topliss-reactive ketones (excluding diaryl/α,β-unsaturated/α-hetero) is 1. The molecule has 1 saturated heterocycles. The van der Waals surface area contributed by atoms with E-state index in [-0.39, 0.29) is 5.78 Å². The summed E-state index contributed by atoms with van der Waals surface area (Å²) in [5, 5.41) is 0.837. The van der Waals surface area contributed by atoms with E-state index in [1.54, 1.807) is 13.1 Å². The zero-order valence-electron chi connectivity index (χ0n) is 11.9. The smallest absolute Gasteiger partial charge is 0.161 e. The fourth-order valence-corrected chi connectivity index (χ4v) is 3.10. The van der Waals surface area contributed by atoms with Crippen molar-refractivity contribution >= 4 is 23.2 Å². The lowest BCUT2D eigenvalue weighted by atomic mass is 9.98. The third-order valence-corrected chi connectivity index (χ3v) is 4.36. The van der Waals surface area contributed by atoms with Crippen molar-refractivity contribution in [2.45, 2.75) is 19.3 Å². The minimum Gasteiger partial charge on any atom is -0.356 e. The van der Waals surface area contributed by atoms with Gasteiger partial charge in [-0.3, -0.25) is 4.79 Å². The normalized spacial score (nSPS) is 18.0. The number of benzene rings is 1. The summed E-state index contributed by atoms with van der Waals surface area (Å²) in [7, 11) is 0. The second kappa shape index (κ2) is 5.86. The largest absolute Gasteiger partial charge is 0.356 e. The van der Waals surface area contributed by atoms with Gasteiger partial charge in [0, 0.05) is 35.8 Å². The van der Waals surface area contributed by atoms with Crippen LogP contribution in [0.15, 0.2) is 42.6 Å². The average molecular weight is 301 g/mol. The number of nitrogens with zero attached hydrogens (tertiary/aromatic N) is 2. The van der Waals surface area contributed by atoms with Crippen LogP contribution in [0.3, 0.4) is 0 Å². The first-order chi connectivity index (χ1) is 10.1. The van der Waals surface area contributed by atoms with Crippen LogP contribution < -0.4 is 4.90 Å². The first kappa shape index (κ1) is 14.1. The van der Waals surface area contributed by atoms with Crippen LogP contribution in [0, 0.1) is 0 Å². The molecule has 21 heavy (non-hydrogen) atoms. The monoisotopic (exact) mass is 300 g/mol. The molecule has 2 heterocycles. The van der Waals surface area contributed by atoms with Gasteiger partial charge in [-0.1, -0.05) is 29.8 Å². The van der Waals surface area contributed by atoms with E-state index in [0.717, 1.165) is 30.4 Å². The average Bonchev–Trinajstić information content (AvgIpc) is 2.97. The number of rotatable bonds is 3. The van der Waals surface area contributed by atoms with Gasteiger partial charge >= 0.3 is 0 Å². The molecule has 108 valence electrons. The minimum atomic E-state index is 0.0458. The van der Waals surface area contributed by atoms with Gasteiger partial charge in [0.2, 0.25) is 0 Å². The number of pyridine rings is 1. The highest BCUT2D eigenvalue weighted by molar-refractivity contribution is 6.31. The second-order valence-electron chi connectivity index (χ2n) is 5.41. The molecule has 0 N–H and O–H groups in total. The van der Waals surface area contributed by atoms with Gasteiger partial charge in [0.15, 0.2) is 5.78 Å². The molecule has 1 aliphatic rings. The fraction of sp³-hybridized carbons (Fsp3) is 0.294. The van der Waals surface area contributed by atoms with Crippen LogP contribution in [-0.2, 0) is 0 Å². The molecule has 0 bridgehead atoms. The van der Waals surface area contributed by atoms with Gasteiger partial charge in [-0.05, 0) is 37.1 Å². The van der Waals surface area contributed by atoms with Crippen LogP contribution in [-0.4, -0.2) is 23.9 Å². The molecule has 2 aromatic rings. The maximum Gasteiger partial charge on any atom is 0.161 e. The van der Waals surface area contributed by atoms with Gasteiger partial charge in [0.1, 0.15) is 5.82 Å². The Bertz CT molecular complexity index is 654. The lowest BCUT2D eigenvalue weighted by Crippen LogP contribution is -2.20. The second-order valence-corrected chi connectivity index (χ2v) is 5.82. The maximum atomic E-state index is 11.3. The van der Waals surface area contributed by atoms with Gasteiger partial charge in [-0.2, -0.15) is 0 Å². The first-order valence-electron chi connectivity index (χ1n) is 7.11. The van der Waals surface area contributed by atoms with E-state index < -0.39 is 0 Å². The number of carbonyl (C=O) groups excluding carboxylic acids is 1. The summed E-state index contributed by atoms with van der Waals surface area (Å²) in [4.78, 5) is 17.9. The van der Waals surface area contributed by atoms with Gasteiger partial charge in [-0.25, -0.2) is 4.98 Å². The van der Waals surface area contributed by atoms with Crippen molar-refractivity contribution in [3.05, 3.63) is 58.7 Å². The van der Waals surface area contributed by atoms with E-state index in [0.29, 0.717) is 11.5 Å². The Balaban J connectivity index is 1.75. The summed E-state index contributed by atoms with van der Waals surface area (Å²) < 4.78 is 0. The molecule has 1 aliphatic heterocycles. The van der Waals surface area contributed by atoms with Crippen LogP contribution >= 0.6 is 11.6 Å². The molecule has 0 unspecified atom stereocenters. The number of hydrogen-bond acceptors (Lipinski definition) is 3. The fourth-order valence-electron chi connectivity index (χ4n) is 2.81. The Labute approximate surface area is 129 Å². The SMILES string of the molecule is CC(=O)c1ccc(N2CC[C@H](c3ccccc3Cl)C2)nc1. The number of halogens is 1. The van der Waals surface area contributed by atoms with E-state index in [2.05, 4.69) is 16.0 Å². The standard InChI is InChI=1S/C17H17ClN2O/c1-12(21)13-6-7-17(19-10-13)20-9-8-14(11-20)15-4-2-3-5-16(15)18/h2-7,10,14H,8-9,11H2,1H3/t14-/m0/s1. The summed E-state index contributed by atoms with van der Waals surface area (Å²) >= 11 is 6.28. The van der Waals surface area contributed by atoms with Crippen molar-refractivity contribution in [2.24, 2.45) is 0 Å². The zero-order valence-corrected chi connectivity index (χ0v) is 12.7. The van der Waals surface area contributed by atoms with Gasteiger partial charge in [0.05, 0.1) is 0 Å². The molecule has 0 spiro atoms. The molecule has 4 heteroatoms. The van der Waals surface area contributed by atoms with Crippen LogP contribution in [0.25, 0.3) is 0 Å². The summed E-state index contributed by atoms with van der Waals surface area (Å²) in [5.41, 5.74) is 1.86. The predicted molar refractivity (Wildman–Crippen MR) is 85.3 cm³/mol. The van der Waals surface area contributed by atoms with Crippen LogP contribution in [0.5, 0.6) is 0 Å². The van der Waals surface area contributed by atoms with Crippen LogP contribution in [0.1, 0.15) is 35.2 Å². The molecule has 1 atom stereocenters. The minimum absolute atomic E-state index is 0.0458. The first-order valence-corrected chi connectivity index (χ1v) is 7.49. The molecule has 3 nitrogen and oxygen atoms in total. The van der Waals surface area contributed by atoms with E-state index in [1.165, 1.54) is 5.56 Å². The summed E-state index contributed by atoms with van der Waals surface area (Å²) in [6.45, 7) is 3.43. The van der Waals surface area contributed by atoms with Gasteiger partial charge in [-0.15, -0.1) is 0 Å². The highest BCUT2D eigenvalue weighted by atomic mass is 35.5. The number of carbonyl (C=O) groups is 1. The third kappa shape index (κ3) is 2.93. The molecule has 3 rings (SSSR count). The Morgan fingerprint density at radius 2 is 2.10 bits per heavy atom. The molecule has 0 radical (unpaired) electrons. The Kier molecular flexibility index (Phi) is 3.93. The van der Waals surface area contributed by atoms with Crippen molar-refractivity contribution < 1.29 is 4.79 Å². The molecule has 1 aromatic carbocycles. The zero-order chi connectivity index (χ0) is 14.8. The van der Waals surface area contributed by atoms with E-state index in [4.69, 9.17) is 11.6 Å². The number of hydrogen-bond donors (Lipinski definition) is 0. The summed E-state index contributed by atoms with van der Waals surface area (Å²) in [5.74, 6) is 1.41. The molecule has 1 fully saturated rings. The molecule has 0 saturated carbocycles. The molecule has 1 aromatic heterocycles. The Hall–Kier alpha value is -1.87. The van der Waals surface area contributed by atoms with Crippen molar-refractivity contribution in [3.63, 3.8) is 0 Å². The van der Waals surface area contributed by atoms with Crippen molar-refractivity contribution in [3.8, 4) is 0 Å². The number of aromatic nitrogens is 1. The summed E-state index contributed by atoms with van der Waals surface area (Å²) in [6.07, 6.45) is 2.72. The number of anilines is 1. The Morgan fingerprint density at radius 3 is 2.76 bits per heavy atom.